The molecule has 0 bridgehead atoms. The molecule has 27 heavy (non-hydrogen) atoms. The molecular formula is C22H33N3O2. The highest BCUT2D eigenvalue weighted by Gasteiger charge is 2.48. The summed E-state index contributed by atoms with van der Waals surface area (Å²) in [6, 6.07) is 11.0. The summed E-state index contributed by atoms with van der Waals surface area (Å²) in [5.74, 6) is 0.532. The van der Waals surface area contributed by atoms with Crippen LogP contribution in [0.1, 0.15) is 37.7 Å². The average molecular weight is 372 g/mol. The van der Waals surface area contributed by atoms with Crippen LogP contribution < -0.4 is 0 Å². The highest BCUT2D eigenvalue weighted by Crippen LogP contribution is 2.51. The molecule has 1 N–H and O–H groups in total. The third-order valence-electron chi connectivity index (χ3n) is 7.57. The van der Waals surface area contributed by atoms with E-state index in [0.29, 0.717) is 11.3 Å². The van der Waals surface area contributed by atoms with Crippen molar-refractivity contribution in [2.45, 2.75) is 37.6 Å². The average Bonchev–Trinajstić information content (AvgIpc) is 3.01. The van der Waals surface area contributed by atoms with E-state index in [-0.39, 0.29) is 5.54 Å². The lowest BCUT2D eigenvalue weighted by Crippen LogP contribution is -2.53. The van der Waals surface area contributed by atoms with Crippen molar-refractivity contribution in [3.8, 4) is 0 Å². The summed E-state index contributed by atoms with van der Waals surface area (Å²) < 4.78 is 0. The molecule has 0 atom stereocenters. The molecule has 2 heterocycles. The Morgan fingerprint density at radius 3 is 2.37 bits per heavy atom. The first-order valence-electron chi connectivity index (χ1n) is 10.4. The van der Waals surface area contributed by atoms with Crippen LogP contribution in [-0.4, -0.2) is 72.7 Å². The van der Waals surface area contributed by atoms with Gasteiger partial charge < -0.3 is 14.9 Å². The van der Waals surface area contributed by atoms with E-state index in [1.54, 1.807) is 0 Å². The molecule has 1 amide bonds. The normalized spacial score (nSPS) is 32.2. The van der Waals surface area contributed by atoms with Crippen molar-refractivity contribution >= 4 is 6.09 Å². The van der Waals surface area contributed by atoms with Crippen molar-refractivity contribution in [1.29, 1.82) is 0 Å². The third-order valence-corrected chi connectivity index (χ3v) is 7.57. The van der Waals surface area contributed by atoms with Gasteiger partial charge in [-0.05, 0) is 63.7 Å². The van der Waals surface area contributed by atoms with Crippen molar-refractivity contribution in [3.63, 3.8) is 0 Å². The number of amides is 1. The van der Waals surface area contributed by atoms with E-state index >= 15 is 0 Å². The van der Waals surface area contributed by atoms with Gasteiger partial charge in [-0.15, -0.1) is 0 Å². The number of benzene rings is 1. The highest BCUT2D eigenvalue weighted by atomic mass is 16.4. The maximum absolute atomic E-state index is 10.9. The van der Waals surface area contributed by atoms with Gasteiger partial charge in [-0.1, -0.05) is 30.3 Å². The quantitative estimate of drug-likeness (QED) is 0.882. The van der Waals surface area contributed by atoms with Crippen molar-refractivity contribution in [2.24, 2.45) is 11.3 Å². The Balaban J connectivity index is 1.35. The lowest BCUT2D eigenvalue weighted by atomic mass is 9.64. The minimum Gasteiger partial charge on any atom is -0.465 e. The number of hydrogen-bond acceptors (Lipinski definition) is 3. The first-order chi connectivity index (χ1) is 12.9. The van der Waals surface area contributed by atoms with Crippen molar-refractivity contribution < 1.29 is 9.90 Å². The molecule has 2 saturated heterocycles. The van der Waals surface area contributed by atoms with Crippen LogP contribution in [0, 0.1) is 11.3 Å². The van der Waals surface area contributed by atoms with Crippen LogP contribution >= 0.6 is 0 Å². The molecule has 4 rings (SSSR count). The monoisotopic (exact) mass is 371 g/mol. The second-order valence-electron chi connectivity index (χ2n) is 9.33. The number of likely N-dealkylation sites (tertiary alicyclic amines) is 2. The maximum Gasteiger partial charge on any atom is 0.407 e. The topological polar surface area (TPSA) is 47.0 Å². The van der Waals surface area contributed by atoms with Crippen LogP contribution in [0.25, 0.3) is 0 Å². The molecule has 3 fully saturated rings. The molecule has 1 aromatic carbocycles. The molecule has 1 aromatic rings. The van der Waals surface area contributed by atoms with Crippen molar-refractivity contribution in [3.05, 3.63) is 35.9 Å². The Labute approximate surface area is 162 Å². The molecule has 1 saturated carbocycles. The van der Waals surface area contributed by atoms with Crippen LogP contribution in [0.15, 0.2) is 30.3 Å². The molecule has 1 aliphatic carbocycles. The first kappa shape index (κ1) is 18.8. The second-order valence-corrected chi connectivity index (χ2v) is 9.33. The summed E-state index contributed by atoms with van der Waals surface area (Å²) in [6.07, 6.45) is 5.59. The Morgan fingerprint density at radius 2 is 1.78 bits per heavy atom. The lowest BCUT2D eigenvalue weighted by Gasteiger charge is -2.49. The van der Waals surface area contributed by atoms with E-state index < -0.39 is 6.09 Å². The highest BCUT2D eigenvalue weighted by molar-refractivity contribution is 5.66. The van der Waals surface area contributed by atoms with Gasteiger partial charge in [0.1, 0.15) is 0 Å². The molecule has 3 aliphatic rings. The Morgan fingerprint density at radius 1 is 1.11 bits per heavy atom. The maximum atomic E-state index is 10.9. The molecule has 1 spiro atoms. The van der Waals surface area contributed by atoms with Gasteiger partial charge in [-0.25, -0.2) is 4.79 Å². The fourth-order valence-corrected chi connectivity index (χ4v) is 5.73. The van der Waals surface area contributed by atoms with Crippen LogP contribution in [-0.2, 0) is 5.54 Å². The van der Waals surface area contributed by atoms with Crippen molar-refractivity contribution in [2.75, 3.05) is 46.8 Å². The third kappa shape index (κ3) is 3.47. The number of carbonyl (C=O) groups is 1. The van der Waals surface area contributed by atoms with E-state index in [9.17, 15) is 4.79 Å². The molecule has 0 aromatic heterocycles. The zero-order chi connectivity index (χ0) is 19.1. The van der Waals surface area contributed by atoms with E-state index in [2.05, 4.69) is 54.2 Å². The number of rotatable bonds is 4. The zero-order valence-corrected chi connectivity index (χ0v) is 16.7. The fourth-order valence-electron chi connectivity index (χ4n) is 5.73. The standard InChI is InChI=1S/C22H33N3O2/c1-23(2)22(19-6-4-3-5-7-19)10-8-21(9-11-22)12-13-24(17-21)14-18-15-25(16-18)20(26)27/h3-7,18H,8-17H2,1-2H3,(H,26,27). The van der Waals surface area contributed by atoms with E-state index in [1.165, 1.54) is 55.7 Å². The summed E-state index contributed by atoms with van der Waals surface area (Å²) in [4.78, 5) is 17.5. The Kier molecular flexibility index (Phi) is 4.93. The van der Waals surface area contributed by atoms with Crippen LogP contribution in [0.2, 0.25) is 0 Å². The zero-order valence-electron chi connectivity index (χ0n) is 16.7. The van der Waals surface area contributed by atoms with Gasteiger partial charge in [-0.3, -0.25) is 4.90 Å². The van der Waals surface area contributed by atoms with E-state index in [4.69, 9.17) is 5.11 Å². The molecule has 0 unspecified atom stereocenters. The van der Waals surface area contributed by atoms with Crippen LogP contribution in [0.4, 0.5) is 4.79 Å². The minimum absolute atomic E-state index is 0.176. The molecule has 2 aliphatic heterocycles. The molecular weight excluding hydrogens is 338 g/mol. The number of hydrogen-bond donors (Lipinski definition) is 1. The minimum atomic E-state index is -0.766. The number of carboxylic acid groups (broad SMARTS) is 1. The van der Waals surface area contributed by atoms with Gasteiger partial charge in [0, 0.05) is 37.6 Å². The number of nitrogens with zero attached hydrogens (tertiary/aromatic N) is 3. The van der Waals surface area contributed by atoms with E-state index in [0.717, 1.165) is 19.6 Å². The summed E-state index contributed by atoms with van der Waals surface area (Å²) in [7, 11) is 4.47. The van der Waals surface area contributed by atoms with Crippen LogP contribution in [0.3, 0.4) is 0 Å². The summed E-state index contributed by atoms with van der Waals surface area (Å²) in [6.45, 7) is 4.90. The Bertz CT molecular complexity index is 661. The molecule has 0 radical (unpaired) electrons. The SMILES string of the molecule is CN(C)C1(c2ccccc2)CCC2(CCN(CC3CN(C(=O)O)C3)C2)CC1. The first-order valence-corrected chi connectivity index (χ1v) is 10.4. The van der Waals surface area contributed by atoms with Gasteiger partial charge in [0.05, 0.1) is 0 Å². The summed E-state index contributed by atoms with van der Waals surface area (Å²) in [5.41, 5.74) is 2.11. The van der Waals surface area contributed by atoms with Gasteiger partial charge in [0.2, 0.25) is 0 Å². The predicted octanol–water partition coefficient (Wildman–Crippen LogP) is 3.32. The van der Waals surface area contributed by atoms with Gasteiger partial charge in [0.15, 0.2) is 0 Å². The van der Waals surface area contributed by atoms with Gasteiger partial charge in [-0.2, -0.15) is 0 Å². The second kappa shape index (κ2) is 7.10. The molecule has 148 valence electrons. The van der Waals surface area contributed by atoms with Crippen molar-refractivity contribution in [1.82, 2.24) is 14.7 Å². The molecule has 5 heteroatoms. The lowest BCUT2D eigenvalue weighted by molar-refractivity contribution is 0.0327. The van der Waals surface area contributed by atoms with E-state index in [1.807, 2.05) is 0 Å². The summed E-state index contributed by atoms with van der Waals surface area (Å²) in [5, 5.41) is 9.01. The predicted molar refractivity (Wildman–Crippen MR) is 107 cm³/mol. The summed E-state index contributed by atoms with van der Waals surface area (Å²) >= 11 is 0. The largest absolute Gasteiger partial charge is 0.465 e. The van der Waals surface area contributed by atoms with Gasteiger partial charge in [0.25, 0.3) is 0 Å². The molecule has 5 nitrogen and oxygen atoms in total. The van der Waals surface area contributed by atoms with Gasteiger partial charge >= 0.3 is 6.09 Å². The Hall–Kier alpha value is -1.59. The smallest absolute Gasteiger partial charge is 0.407 e. The van der Waals surface area contributed by atoms with Crippen LogP contribution in [0.5, 0.6) is 0 Å². The fraction of sp³-hybridized carbons (Fsp3) is 0.682.